The molecule has 0 fully saturated rings. The van der Waals surface area contributed by atoms with Crippen LogP contribution in [-0.2, 0) is 0 Å². The Hall–Kier alpha value is -1.34. The average Bonchev–Trinajstić information content (AvgIpc) is 2.39. The van der Waals surface area contributed by atoms with Crippen LogP contribution in [0.2, 0.25) is 0 Å². The molecule has 1 aromatic carbocycles. The predicted molar refractivity (Wildman–Crippen MR) is 72.4 cm³/mol. The Bertz CT molecular complexity index is 464. The highest BCUT2D eigenvalue weighted by molar-refractivity contribution is 6.21. The van der Waals surface area contributed by atoms with Gasteiger partial charge in [-0.05, 0) is 24.6 Å². The fourth-order valence-corrected chi connectivity index (χ4v) is 2.11. The largest absolute Gasteiger partial charge is 0.261 e. The number of hydrogen-bond acceptors (Lipinski definition) is 1. The quantitative estimate of drug-likeness (QED) is 0.727. The second kappa shape index (κ2) is 5.33. The summed E-state index contributed by atoms with van der Waals surface area (Å²) in [5, 5.41) is -0.0366. The first-order valence-electron chi connectivity index (χ1n) is 5.80. The smallest absolute Gasteiger partial charge is 0.0666 e. The molecule has 0 spiro atoms. The van der Waals surface area contributed by atoms with Crippen LogP contribution in [0.25, 0.3) is 0 Å². The standard InChI is InChI=1S/C15H16ClN/c1-11-6-8-13(9-7-11)15(16)12(2)14-5-3-4-10-17-14/h3-10,12,15H,1-2H3. The van der Waals surface area contributed by atoms with Gasteiger partial charge in [0.15, 0.2) is 0 Å². The first-order chi connectivity index (χ1) is 8.18. The lowest BCUT2D eigenvalue weighted by atomic mass is 9.96. The Morgan fingerprint density at radius 1 is 1.06 bits per heavy atom. The molecule has 2 aromatic rings. The lowest BCUT2D eigenvalue weighted by Gasteiger charge is -2.18. The molecule has 1 aromatic heterocycles. The highest BCUT2D eigenvalue weighted by atomic mass is 35.5. The summed E-state index contributed by atoms with van der Waals surface area (Å²) in [7, 11) is 0. The summed E-state index contributed by atoms with van der Waals surface area (Å²) < 4.78 is 0. The van der Waals surface area contributed by atoms with Crippen molar-refractivity contribution in [1.82, 2.24) is 4.98 Å². The van der Waals surface area contributed by atoms with Crippen molar-refractivity contribution < 1.29 is 0 Å². The molecule has 0 radical (unpaired) electrons. The third-order valence-electron chi connectivity index (χ3n) is 2.99. The van der Waals surface area contributed by atoms with Crippen molar-refractivity contribution in [1.29, 1.82) is 0 Å². The van der Waals surface area contributed by atoms with E-state index >= 15 is 0 Å². The second-order valence-electron chi connectivity index (χ2n) is 4.36. The van der Waals surface area contributed by atoms with E-state index in [0.717, 1.165) is 11.3 Å². The molecule has 1 heterocycles. The number of alkyl halides is 1. The SMILES string of the molecule is Cc1ccc(C(Cl)C(C)c2ccccn2)cc1. The van der Waals surface area contributed by atoms with Gasteiger partial charge in [0.1, 0.15) is 0 Å². The maximum atomic E-state index is 6.50. The number of aryl methyl sites for hydroxylation is 1. The molecule has 0 saturated carbocycles. The van der Waals surface area contributed by atoms with Crippen LogP contribution in [0.4, 0.5) is 0 Å². The van der Waals surface area contributed by atoms with Crippen molar-refractivity contribution in [2.75, 3.05) is 0 Å². The van der Waals surface area contributed by atoms with Gasteiger partial charge in [-0.15, -0.1) is 11.6 Å². The van der Waals surface area contributed by atoms with E-state index in [1.54, 1.807) is 0 Å². The lowest BCUT2D eigenvalue weighted by molar-refractivity contribution is 0.706. The van der Waals surface area contributed by atoms with Crippen molar-refractivity contribution >= 4 is 11.6 Å². The summed E-state index contributed by atoms with van der Waals surface area (Å²) in [5.41, 5.74) is 3.44. The zero-order valence-corrected chi connectivity index (χ0v) is 10.9. The molecule has 0 aliphatic carbocycles. The molecule has 1 nitrogen and oxygen atoms in total. The van der Waals surface area contributed by atoms with E-state index in [1.807, 2.05) is 24.4 Å². The van der Waals surface area contributed by atoms with Gasteiger partial charge < -0.3 is 0 Å². The molecule has 0 amide bonds. The van der Waals surface area contributed by atoms with Crippen molar-refractivity contribution in [2.24, 2.45) is 0 Å². The number of aromatic nitrogens is 1. The van der Waals surface area contributed by atoms with Crippen LogP contribution < -0.4 is 0 Å². The van der Waals surface area contributed by atoms with E-state index in [-0.39, 0.29) is 11.3 Å². The van der Waals surface area contributed by atoms with Crippen molar-refractivity contribution in [3.05, 3.63) is 65.5 Å². The molecule has 0 N–H and O–H groups in total. The molecule has 0 aliphatic rings. The minimum absolute atomic E-state index is 0.0366. The maximum absolute atomic E-state index is 6.50. The third kappa shape index (κ3) is 2.86. The van der Waals surface area contributed by atoms with Gasteiger partial charge in [-0.2, -0.15) is 0 Å². The summed E-state index contributed by atoms with van der Waals surface area (Å²) in [6.45, 7) is 4.19. The van der Waals surface area contributed by atoms with Gasteiger partial charge >= 0.3 is 0 Å². The monoisotopic (exact) mass is 245 g/mol. The van der Waals surface area contributed by atoms with Gasteiger partial charge in [-0.1, -0.05) is 42.8 Å². The van der Waals surface area contributed by atoms with Crippen molar-refractivity contribution in [2.45, 2.75) is 25.1 Å². The Morgan fingerprint density at radius 3 is 2.35 bits per heavy atom. The van der Waals surface area contributed by atoms with Crippen LogP contribution in [0.5, 0.6) is 0 Å². The molecule has 0 saturated heterocycles. The number of rotatable bonds is 3. The number of benzene rings is 1. The van der Waals surface area contributed by atoms with Crippen LogP contribution in [-0.4, -0.2) is 4.98 Å². The van der Waals surface area contributed by atoms with Gasteiger partial charge in [-0.3, -0.25) is 4.98 Å². The molecule has 0 bridgehead atoms. The molecule has 2 unspecified atom stereocenters. The van der Waals surface area contributed by atoms with Crippen LogP contribution in [0.1, 0.15) is 35.0 Å². The fraction of sp³-hybridized carbons (Fsp3) is 0.267. The van der Waals surface area contributed by atoms with Crippen molar-refractivity contribution in [3.63, 3.8) is 0 Å². The lowest BCUT2D eigenvalue weighted by Crippen LogP contribution is -2.04. The van der Waals surface area contributed by atoms with Gasteiger partial charge in [0, 0.05) is 17.8 Å². The third-order valence-corrected chi connectivity index (χ3v) is 3.62. The van der Waals surface area contributed by atoms with E-state index in [1.165, 1.54) is 5.56 Å². The Morgan fingerprint density at radius 2 is 1.76 bits per heavy atom. The first kappa shape index (κ1) is 12.1. The van der Waals surface area contributed by atoms with Crippen LogP contribution in [0.3, 0.4) is 0 Å². The molecular formula is C15H16ClN. The summed E-state index contributed by atoms with van der Waals surface area (Å²) in [6, 6.07) is 14.3. The van der Waals surface area contributed by atoms with E-state index in [9.17, 15) is 0 Å². The Kier molecular flexibility index (Phi) is 3.80. The molecule has 17 heavy (non-hydrogen) atoms. The normalized spacial score (nSPS) is 14.3. The summed E-state index contributed by atoms with van der Waals surface area (Å²) in [6.07, 6.45) is 1.81. The first-order valence-corrected chi connectivity index (χ1v) is 6.23. The number of halogens is 1. The van der Waals surface area contributed by atoms with E-state index in [4.69, 9.17) is 11.6 Å². The minimum Gasteiger partial charge on any atom is -0.261 e. The topological polar surface area (TPSA) is 12.9 Å². The molecule has 2 rings (SSSR count). The van der Waals surface area contributed by atoms with Gasteiger partial charge in [0.05, 0.1) is 5.38 Å². The van der Waals surface area contributed by atoms with E-state index in [2.05, 4.69) is 43.1 Å². The molecule has 0 aliphatic heterocycles. The highest BCUT2D eigenvalue weighted by Gasteiger charge is 2.18. The molecule has 2 heteroatoms. The van der Waals surface area contributed by atoms with Gasteiger partial charge in [0.25, 0.3) is 0 Å². The number of nitrogens with zero attached hydrogens (tertiary/aromatic N) is 1. The average molecular weight is 246 g/mol. The Balaban J connectivity index is 2.20. The van der Waals surface area contributed by atoms with E-state index < -0.39 is 0 Å². The molecule has 2 atom stereocenters. The van der Waals surface area contributed by atoms with Gasteiger partial charge in [-0.25, -0.2) is 0 Å². The maximum Gasteiger partial charge on any atom is 0.0666 e. The summed E-state index contributed by atoms with van der Waals surface area (Å²) >= 11 is 6.50. The van der Waals surface area contributed by atoms with Crippen molar-refractivity contribution in [3.8, 4) is 0 Å². The molecule has 88 valence electrons. The Labute approximate surface area is 107 Å². The number of hydrogen-bond donors (Lipinski definition) is 0. The summed E-state index contributed by atoms with van der Waals surface area (Å²) in [5.74, 6) is 0.209. The highest BCUT2D eigenvalue weighted by Crippen LogP contribution is 2.34. The van der Waals surface area contributed by atoms with Crippen LogP contribution in [0, 0.1) is 6.92 Å². The summed E-state index contributed by atoms with van der Waals surface area (Å²) in [4.78, 5) is 4.36. The number of pyridine rings is 1. The van der Waals surface area contributed by atoms with Gasteiger partial charge in [0.2, 0.25) is 0 Å². The predicted octanol–water partition coefficient (Wildman–Crippen LogP) is 4.47. The zero-order chi connectivity index (χ0) is 12.3. The van der Waals surface area contributed by atoms with E-state index in [0.29, 0.717) is 0 Å². The van der Waals surface area contributed by atoms with Crippen LogP contribution in [0.15, 0.2) is 48.7 Å². The zero-order valence-electron chi connectivity index (χ0n) is 10.1. The van der Waals surface area contributed by atoms with Crippen LogP contribution >= 0.6 is 11.6 Å². The molecular weight excluding hydrogens is 230 g/mol. The fourth-order valence-electron chi connectivity index (χ4n) is 1.83. The second-order valence-corrected chi connectivity index (χ2v) is 4.83. The minimum atomic E-state index is -0.0366.